The van der Waals surface area contributed by atoms with Crippen molar-refractivity contribution in [3.05, 3.63) is 41.1 Å². The van der Waals surface area contributed by atoms with Gasteiger partial charge in [-0.2, -0.15) is 26.3 Å². The van der Waals surface area contributed by atoms with Crippen molar-refractivity contribution in [1.29, 1.82) is 0 Å². The van der Waals surface area contributed by atoms with Gasteiger partial charge in [0.25, 0.3) is 0 Å². The summed E-state index contributed by atoms with van der Waals surface area (Å²) in [4.78, 5) is 27.6. The second kappa shape index (κ2) is 10.7. The maximum Gasteiger partial charge on any atom is 0.416 e. The summed E-state index contributed by atoms with van der Waals surface area (Å²) in [5.74, 6) is -1.26. The summed E-state index contributed by atoms with van der Waals surface area (Å²) < 4.78 is 86.3. The second-order valence-electron chi connectivity index (χ2n) is 9.55. The normalized spacial score (nSPS) is 18.7. The zero-order valence-electron chi connectivity index (χ0n) is 20.9. The lowest BCUT2D eigenvalue weighted by Gasteiger charge is -2.32. The number of hydrogen-bond donors (Lipinski definition) is 0. The number of carbonyl (C=O) groups is 2. The number of alkyl halides is 6. The Labute approximate surface area is 210 Å². The van der Waals surface area contributed by atoms with E-state index in [2.05, 4.69) is 12.0 Å². The lowest BCUT2D eigenvalue weighted by Crippen LogP contribution is -2.43. The minimum absolute atomic E-state index is 0.00812. The first-order valence-corrected chi connectivity index (χ1v) is 12.0. The molecule has 6 nitrogen and oxygen atoms in total. The summed E-state index contributed by atoms with van der Waals surface area (Å²) in [6, 6.07) is 0.514. The molecule has 1 heterocycles. The van der Waals surface area contributed by atoms with Crippen molar-refractivity contribution in [1.82, 2.24) is 9.78 Å². The highest BCUT2D eigenvalue weighted by molar-refractivity contribution is 6.02. The minimum Gasteiger partial charge on any atom is -0.462 e. The summed E-state index contributed by atoms with van der Waals surface area (Å²) in [5, 5.41) is 4.17. The highest BCUT2D eigenvalue weighted by atomic mass is 19.4. The van der Waals surface area contributed by atoms with Gasteiger partial charge in [0.15, 0.2) is 5.82 Å². The van der Waals surface area contributed by atoms with E-state index < -0.39 is 41.2 Å². The van der Waals surface area contributed by atoms with Crippen molar-refractivity contribution in [2.45, 2.75) is 71.8 Å². The summed E-state index contributed by atoms with van der Waals surface area (Å²) in [7, 11) is 0. The molecular weight excluding hydrogens is 504 g/mol. The third-order valence-electron chi connectivity index (χ3n) is 6.37. The molecule has 1 saturated carbocycles. The summed E-state index contributed by atoms with van der Waals surface area (Å²) in [6.07, 6.45) is -6.20. The van der Waals surface area contributed by atoms with Gasteiger partial charge >= 0.3 is 18.3 Å². The Morgan fingerprint density at radius 3 is 2.03 bits per heavy atom. The van der Waals surface area contributed by atoms with Crippen LogP contribution in [0.3, 0.4) is 0 Å². The predicted molar refractivity (Wildman–Crippen MR) is 123 cm³/mol. The van der Waals surface area contributed by atoms with Crippen molar-refractivity contribution in [3.63, 3.8) is 0 Å². The quantitative estimate of drug-likeness (QED) is 0.308. The van der Waals surface area contributed by atoms with Gasteiger partial charge in [-0.3, -0.25) is 9.69 Å². The van der Waals surface area contributed by atoms with E-state index in [9.17, 15) is 35.9 Å². The lowest BCUT2D eigenvalue weighted by atomic mass is 9.82. The third kappa shape index (κ3) is 6.45. The summed E-state index contributed by atoms with van der Waals surface area (Å²) in [6.45, 7) is 6.96. The van der Waals surface area contributed by atoms with Crippen LogP contribution >= 0.6 is 0 Å². The van der Waals surface area contributed by atoms with Crippen LogP contribution in [-0.2, 0) is 21.9 Å². The molecule has 3 rings (SSSR count). The molecule has 0 spiro atoms. The Balaban J connectivity index is 2.17. The van der Waals surface area contributed by atoms with Gasteiger partial charge in [0.05, 0.1) is 23.4 Å². The van der Waals surface area contributed by atoms with Gasteiger partial charge in [-0.15, -0.1) is 5.10 Å². The molecule has 1 aromatic heterocycles. The van der Waals surface area contributed by atoms with Gasteiger partial charge in [0.2, 0.25) is 5.91 Å². The Kier molecular flexibility index (Phi) is 8.28. The highest BCUT2D eigenvalue weighted by Gasteiger charge is 2.38. The number of esters is 1. The molecule has 1 amide bonds. The topological polar surface area (TPSA) is 64.4 Å². The maximum absolute atomic E-state index is 13.5. The van der Waals surface area contributed by atoms with Crippen LogP contribution in [0.1, 0.15) is 74.9 Å². The van der Waals surface area contributed by atoms with Crippen LogP contribution in [-0.4, -0.2) is 34.3 Å². The van der Waals surface area contributed by atoms with Crippen LogP contribution in [0.2, 0.25) is 0 Å². The number of carbonyl (C=O) groups excluding carboxylic acids is 2. The Morgan fingerprint density at radius 1 is 1.03 bits per heavy atom. The average Bonchev–Trinajstić information content (AvgIpc) is 3.23. The molecule has 0 aliphatic heterocycles. The largest absolute Gasteiger partial charge is 0.462 e. The van der Waals surface area contributed by atoms with E-state index in [1.54, 1.807) is 20.8 Å². The van der Waals surface area contributed by atoms with Gasteiger partial charge < -0.3 is 4.74 Å². The fraction of sp³-hybridized carbons (Fsp3) is 0.560. The average molecular weight is 534 g/mol. The van der Waals surface area contributed by atoms with E-state index in [0.717, 1.165) is 23.7 Å². The van der Waals surface area contributed by atoms with Crippen LogP contribution in [0, 0.1) is 11.8 Å². The number of hydrogen-bond acceptors (Lipinski definition) is 4. The molecule has 2 aromatic rings. The molecule has 0 radical (unpaired) electrons. The van der Waals surface area contributed by atoms with Crippen molar-refractivity contribution in [2.24, 2.45) is 11.8 Å². The van der Waals surface area contributed by atoms with E-state index in [0.29, 0.717) is 30.9 Å². The van der Waals surface area contributed by atoms with E-state index in [4.69, 9.17) is 4.74 Å². The smallest absolute Gasteiger partial charge is 0.416 e. The van der Waals surface area contributed by atoms with E-state index in [1.807, 2.05) is 0 Å². The number of anilines is 1. The van der Waals surface area contributed by atoms with Crippen molar-refractivity contribution >= 4 is 17.7 Å². The van der Waals surface area contributed by atoms with E-state index in [-0.39, 0.29) is 35.9 Å². The molecule has 1 aliphatic carbocycles. The molecule has 37 heavy (non-hydrogen) atoms. The number of amides is 1. The van der Waals surface area contributed by atoms with Crippen molar-refractivity contribution in [2.75, 3.05) is 11.5 Å². The van der Waals surface area contributed by atoms with Gasteiger partial charge in [0, 0.05) is 18.2 Å². The van der Waals surface area contributed by atoms with Gasteiger partial charge in [0.1, 0.15) is 5.56 Å². The number of benzene rings is 1. The van der Waals surface area contributed by atoms with Crippen LogP contribution in [0.15, 0.2) is 24.4 Å². The number of halogens is 6. The first kappa shape index (κ1) is 28.5. The summed E-state index contributed by atoms with van der Waals surface area (Å²) in [5.41, 5.74) is -3.86. The van der Waals surface area contributed by atoms with Crippen molar-refractivity contribution < 1.29 is 40.7 Å². The first-order valence-electron chi connectivity index (χ1n) is 12.0. The first-order chi connectivity index (χ1) is 17.1. The molecular formula is C25H29F6N3O3. The standard InChI is InChI=1S/C25H29F6N3O3/c1-5-37-23(36)20-13-33(19-11-17(24(26,27)28)10-18(12-19)25(29,30)31)32-21(20)34(14(2)3)22(35)16-8-6-15(4)7-9-16/h10-16H,5-9H2,1-4H3/t15-,16-. The number of aromatic nitrogens is 2. The maximum atomic E-state index is 13.5. The monoisotopic (exact) mass is 533 g/mol. The predicted octanol–water partition coefficient (Wildman–Crippen LogP) is 6.65. The molecule has 1 aliphatic rings. The fourth-order valence-electron chi connectivity index (χ4n) is 4.41. The Bertz CT molecular complexity index is 1100. The Morgan fingerprint density at radius 2 is 1.57 bits per heavy atom. The van der Waals surface area contributed by atoms with Crippen molar-refractivity contribution in [3.8, 4) is 5.69 Å². The fourth-order valence-corrected chi connectivity index (χ4v) is 4.41. The molecule has 1 aromatic carbocycles. The molecule has 12 heteroatoms. The van der Waals surface area contributed by atoms with Crippen LogP contribution in [0.5, 0.6) is 0 Å². The molecule has 0 bridgehead atoms. The van der Waals surface area contributed by atoms with Gasteiger partial charge in [-0.1, -0.05) is 6.92 Å². The zero-order valence-corrected chi connectivity index (χ0v) is 20.9. The highest BCUT2D eigenvalue weighted by Crippen LogP contribution is 2.38. The Hall–Kier alpha value is -3.05. The van der Waals surface area contributed by atoms with Crippen LogP contribution in [0.4, 0.5) is 32.2 Å². The molecule has 0 saturated heterocycles. The molecule has 1 fully saturated rings. The van der Waals surface area contributed by atoms with Gasteiger partial charge in [-0.05, 0) is 70.6 Å². The second-order valence-corrected chi connectivity index (χ2v) is 9.55. The summed E-state index contributed by atoms with van der Waals surface area (Å²) >= 11 is 0. The number of rotatable bonds is 6. The third-order valence-corrected chi connectivity index (χ3v) is 6.37. The molecule has 204 valence electrons. The molecule has 0 unspecified atom stereocenters. The zero-order chi connectivity index (χ0) is 27.7. The minimum atomic E-state index is -5.06. The molecule has 0 N–H and O–H groups in total. The van der Waals surface area contributed by atoms with Gasteiger partial charge in [-0.25, -0.2) is 9.48 Å². The SMILES string of the molecule is CCOC(=O)c1cn(-c2cc(C(F)(F)F)cc(C(F)(F)F)c2)nc1N(C(=O)[C@H]1CC[C@H](C)CC1)C(C)C. The molecule has 0 atom stereocenters. The number of nitrogens with zero attached hydrogens (tertiary/aromatic N) is 3. The van der Waals surface area contributed by atoms with Crippen LogP contribution in [0.25, 0.3) is 5.69 Å². The van der Waals surface area contributed by atoms with E-state index >= 15 is 0 Å². The number of ether oxygens (including phenoxy) is 1. The lowest BCUT2D eigenvalue weighted by molar-refractivity contribution is -0.143. The van der Waals surface area contributed by atoms with Crippen LogP contribution < -0.4 is 4.90 Å². The van der Waals surface area contributed by atoms with E-state index in [1.165, 1.54) is 4.90 Å².